The molecule has 0 aromatic heterocycles. The van der Waals surface area contributed by atoms with E-state index in [1.165, 1.54) is 5.56 Å². The molecule has 2 fully saturated rings. The van der Waals surface area contributed by atoms with Crippen LogP contribution < -0.4 is 0 Å². The van der Waals surface area contributed by atoms with E-state index >= 15 is 0 Å². The van der Waals surface area contributed by atoms with Gasteiger partial charge in [-0.15, -0.1) is 0 Å². The van der Waals surface area contributed by atoms with Crippen molar-refractivity contribution in [2.45, 2.75) is 30.2 Å². The molecule has 0 spiro atoms. The normalized spacial score (nSPS) is 20.8. The van der Waals surface area contributed by atoms with Crippen LogP contribution in [0.15, 0.2) is 57.9 Å². The summed E-state index contributed by atoms with van der Waals surface area (Å²) in [6, 6.07) is 15.6. The molecule has 2 aromatic carbocycles. The van der Waals surface area contributed by atoms with Crippen LogP contribution in [-0.2, 0) is 15.6 Å². The molecule has 0 bridgehead atoms. The Morgan fingerprint density at radius 2 is 1.62 bits per heavy atom. The van der Waals surface area contributed by atoms with Crippen molar-refractivity contribution in [1.82, 2.24) is 9.21 Å². The Balaban J connectivity index is 1.48. The van der Waals surface area contributed by atoms with E-state index in [1.807, 2.05) is 25.1 Å². The highest BCUT2D eigenvalue weighted by atomic mass is 79.9. The maximum atomic E-state index is 12.9. The summed E-state index contributed by atoms with van der Waals surface area (Å²) in [6.07, 6.45) is 2.29. The van der Waals surface area contributed by atoms with E-state index in [2.05, 4.69) is 39.0 Å². The number of halogens is 1. The van der Waals surface area contributed by atoms with Gasteiger partial charge >= 0.3 is 0 Å². The van der Waals surface area contributed by atoms with Crippen LogP contribution in [0.3, 0.4) is 0 Å². The molecule has 1 aliphatic heterocycles. The van der Waals surface area contributed by atoms with E-state index in [0.29, 0.717) is 18.0 Å². The van der Waals surface area contributed by atoms with Crippen molar-refractivity contribution in [3.05, 3.63) is 64.1 Å². The summed E-state index contributed by atoms with van der Waals surface area (Å²) >= 11 is 3.57. The predicted molar refractivity (Wildman–Crippen MR) is 107 cm³/mol. The number of benzene rings is 2. The zero-order valence-corrected chi connectivity index (χ0v) is 17.3. The maximum Gasteiger partial charge on any atom is 0.243 e. The topological polar surface area (TPSA) is 40.6 Å². The molecule has 0 amide bonds. The number of rotatable bonds is 4. The second-order valence-corrected chi connectivity index (χ2v) is 10.1. The van der Waals surface area contributed by atoms with E-state index in [4.69, 9.17) is 0 Å². The van der Waals surface area contributed by atoms with E-state index in [1.54, 1.807) is 16.4 Å². The molecule has 0 unspecified atom stereocenters. The summed E-state index contributed by atoms with van der Waals surface area (Å²) in [5, 5.41) is 0. The van der Waals surface area contributed by atoms with Crippen LogP contribution >= 0.6 is 15.9 Å². The summed E-state index contributed by atoms with van der Waals surface area (Å²) in [5.74, 6) is 0. The fraction of sp³-hybridized carbons (Fsp3) is 0.400. The third kappa shape index (κ3) is 3.24. The third-order valence-electron chi connectivity index (χ3n) is 5.59. The summed E-state index contributed by atoms with van der Waals surface area (Å²) < 4.78 is 28.5. The van der Waals surface area contributed by atoms with Crippen molar-refractivity contribution in [3.8, 4) is 0 Å². The number of nitrogens with zero attached hydrogens (tertiary/aromatic N) is 2. The molecular weight excluding hydrogens is 412 g/mol. The minimum atomic E-state index is -3.40. The lowest BCUT2D eigenvalue weighted by molar-refractivity contribution is 0.121. The van der Waals surface area contributed by atoms with E-state index in [-0.39, 0.29) is 5.54 Å². The molecule has 6 heteroatoms. The van der Waals surface area contributed by atoms with Gasteiger partial charge in [0.1, 0.15) is 0 Å². The van der Waals surface area contributed by atoms with Gasteiger partial charge in [0.05, 0.1) is 4.90 Å². The lowest BCUT2D eigenvalue weighted by atomic mass is 10.0. The third-order valence-corrected chi connectivity index (χ3v) is 7.99. The first kappa shape index (κ1) is 18.2. The Morgan fingerprint density at radius 1 is 0.962 bits per heavy atom. The first-order valence-electron chi connectivity index (χ1n) is 9.00. The summed E-state index contributed by atoms with van der Waals surface area (Å²) in [4.78, 5) is 2.86. The first-order chi connectivity index (χ1) is 12.4. The molecule has 4 nitrogen and oxygen atoms in total. The first-order valence-corrected chi connectivity index (χ1v) is 11.2. The van der Waals surface area contributed by atoms with Crippen LogP contribution in [-0.4, -0.2) is 43.8 Å². The van der Waals surface area contributed by atoms with Crippen molar-refractivity contribution in [2.24, 2.45) is 0 Å². The molecule has 138 valence electrons. The minimum Gasteiger partial charge on any atom is -0.291 e. The van der Waals surface area contributed by atoms with Crippen molar-refractivity contribution < 1.29 is 8.42 Å². The number of hydrogen-bond acceptors (Lipinski definition) is 3. The van der Waals surface area contributed by atoms with Gasteiger partial charge in [0.15, 0.2) is 0 Å². The molecule has 0 N–H and O–H groups in total. The molecule has 26 heavy (non-hydrogen) atoms. The van der Waals surface area contributed by atoms with Gasteiger partial charge in [-0.2, -0.15) is 4.31 Å². The molecule has 0 atom stereocenters. The van der Waals surface area contributed by atoms with Gasteiger partial charge in [-0.25, -0.2) is 8.42 Å². The average molecular weight is 435 g/mol. The fourth-order valence-electron chi connectivity index (χ4n) is 3.90. The maximum absolute atomic E-state index is 12.9. The van der Waals surface area contributed by atoms with Gasteiger partial charge < -0.3 is 0 Å². The van der Waals surface area contributed by atoms with Crippen LogP contribution in [0.5, 0.6) is 0 Å². The highest BCUT2D eigenvalue weighted by Gasteiger charge is 2.50. The second-order valence-electron chi connectivity index (χ2n) is 7.25. The number of sulfonamides is 1. The summed E-state index contributed by atoms with van der Waals surface area (Å²) in [7, 11) is -3.40. The predicted octanol–water partition coefficient (Wildman–Crippen LogP) is 3.75. The minimum absolute atomic E-state index is 0.101. The average Bonchev–Trinajstić information content (AvgIpc) is 3.44. The second kappa shape index (κ2) is 6.75. The van der Waals surface area contributed by atoms with E-state index in [9.17, 15) is 8.42 Å². The highest BCUT2D eigenvalue weighted by Crippen LogP contribution is 2.51. The van der Waals surface area contributed by atoms with Crippen LogP contribution in [0.1, 0.15) is 24.0 Å². The molecule has 1 aliphatic carbocycles. The van der Waals surface area contributed by atoms with Gasteiger partial charge in [-0.1, -0.05) is 45.8 Å². The Kier molecular flexibility index (Phi) is 4.72. The number of aryl methyl sites for hydroxylation is 1. The van der Waals surface area contributed by atoms with Crippen molar-refractivity contribution >= 4 is 26.0 Å². The molecule has 2 aliphatic rings. The van der Waals surface area contributed by atoms with Gasteiger partial charge in [0, 0.05) is 36.2 Å². The number of piperazine rings is 1. The summed E-state index contributed by atoms with van der Waals surface area (Å²) in [5.41, 5.74) is 2.50. The zero-order chi connectivity index (χ0) is 18.4. The fourth-order valence-corrected chi connectivity index (χ4v) is 5.72. The lowest BCUT2D eigenvalue weighted by Gasteiger charge is -2.39. The number of hydrogen-bond donors (Lipinski definition) is 0. The van der Waals surface area contributed by atoms with Crippen LogP contribution in [0.2, 0.25) is 0 Å². The lowest BCUT2D eigenvalue weighted by Crippen LogP contribution is -2.52. The van der Waals surface area contributed by atoms with Crippen LogP contribution in [0.25, 0.3) is 0 Å². The molecule has 1 heterocycles. The monoisotopic (exact) mass is 434 g/mol. The van der Waals surface area contributed by atoms with E-state index in [0.717, 1.165) is 36.0 Å². The van der Waals surface area contributed by atoms with Crippen LogP contribution in [0, 0.1) is 6.92 Å². The van der Waals surface area contributed by atoms with Crippen molar-refractivity contribution in [3.63, 3.8) is 0 Å². The van der Waals surface area contributed by atoms with Gasteiger partial charge in [-0.3, -0.25) is 4.90 Å². The van der Waals surface area contributed by atoms with Gasteiger partial charge in [-0.05, 0) is 49.6 Å². The van der Waals surface area contributed by atoms with E-state index < -0.39 is 10.0 Å². The van der Waals surface area contributed by atoms with Gasteiger partial charge in [0.2, 0.25) is 10.0 Å². The molecule has 1 saturated carbocycles. The standard InChI is InChI=1S/C20H23BrN2O2S/c1-16-5-7-19(8-6-16)26(24,25)23-13-11-22(12-14-23)20(9-10-20)17-3-2-4-18(21)15-17/h2-8,15H,9-14H2,1H3. The Hall–Kier alpha value is -1.21. The molecule has 1 saturated heterocycles. The molecule has 4 rings (SSSR count). The quantitative estimate of drug-likeness (QED) is 0.735. The van der Waals surface area contributed by atoms with Crippen molar-refractivity contribution in [2.75, 3.05) is 26.2 Å². The molecule has 0 radical (unpaired) electrons. The smallest absolute Gasteiger partial charge is 0.243 e. The Morgan fingerprint density at radius 3 is 2.19 bits per heavy atom. The molecular formula is C20H23BrN2O2S. The highest BCUT2D eigenvalue weighted by molar-refractivity contribution is 9.10. The Bertz CT molecular complexity index is 900. The Labute approximate surface area is 164 Å². The zero-order valence-electron chi connectivity index (χ0n) is 14.9. The largest absolute Gasteiger partial charge is 0.291 e. The van der Waals surface area contributed by atoms with Crippen LogP contribution in [0.4, 0.5) is 0 Å². The van der Waals surface area contributed by atoms with Gasteiger partial charge in [0.25, 0.3) is 0 Å². The van der Waals surface area contributed by atoms with Crippen molar-refractivity contribution in [1.29, 1.82) is 0 Å². The summed E-state index contributed by atoms with van der Waals surface area (Å²) in [6.45, 7) is 4.61. The molecule has 2 aromatic rings. The SMILES string of the molecule is Cc1ccc(S(=O)(=O)N2CCN(C3(c4cccc(Br)c4)CC3)CC2)cc1.